The fraction of sp³-hybridized carbons (Fsp3) is 0.444. The molecule has 2 saturated heterocycles. The van der Waals surface area contributed by atoms with Crippen LogP contribution >= 0.6 is 11.6 Å². The van der Waals surface area contributed by atoms with Gasteiger partial charge in [-0.25, -0.2) is 4.98 Å². The number of oxazole rings is 1. The molecule has 24 heavy (non-hydrogen) atoms. The normalized spacial score (nSPS) is 22.8. The van der Waals surface area contributed by atoms with Crippen LogP contribution in [0.4, 0.5) is 0 Å². The minimum Gasteiger partial charge on any atom is -0.441 e. The van der Waals surface area contributed by atoms with E-state index in [1.54, 1.807) is 6.20 Å². The van der Waals surface area contributed by atoms with E-state index >= 15 is 0 Å². The second kappa shape index (κ2) is 6.57. The summed E-state index contributed by atoms with van der Waals surface area (Å²) in [6, 6.07) is 7.44. The molecular weight excluding hydrogens is 326 g/mol. The van der Waals surface area contributed by atoms with Crippen LogP contribution in [0.2, 0.25) is 5.02 Å². The average molecular weight is 346 g/mol. The third-order valence-corrected chi connectivity index (χ3v) is 5.23. The topological polar surface area (TPSA) is 58.4 Å². The number of benzene rings is 1. The zero-order chi connectivity index (χ0) is 16.5. The highest BCUT2D eigenvalue weighted by Crippen LogP contribution is 2.27. The molecule has 126 valence electrons. The van der Waals surface area contributed by atoms with E-state index in [9.17, 15) is 4.79 Å². The molecule has 3 heterocycles. The summed E-state index contributed by atoms with van der Waals surface area (Å²) in [4.78, 5) is 18.7. The number of aromatic nitrogens is 1. The van der Waals surface area contributed by atoms with Crippen molar-refractivity contribution in [3.05, 3.63) is 41.4 Å². The Morgan fingerprint density at radius 3 is 2.67 bits per heavy atom. The number of nitrogens with zero attached hydrogens (tertiary/aromatic N) is 2. The van der Waals surface area contributed by atoms with E-state index in [-0.39, 0.29) is 5.91 Å². The van der Waals surface area contributed by atoms with Crippen molar-refractivity contribution >= 4 is 17.5 Å². The van der Waals surface area contributed by atoms with Gasteiger partial charge >= 0.3 is 0 Å². The zero-order valence-electron chi connectivity index (χ0n) is 13.4. The van der Waals surface area contributed by atoms with E-state index in [0.717, 1.165) is 31.7 Å². The molecule has 4 rings (SSSR count). The fourth-order valence-electron chi connectivity index (χ4n) is 3.60. The Morgan fingerprint density at radius 1 is 1.25 bits per heavy atom. The number of nitrogens with one attached hydrogen (secondary N) is 1. The third kappa shape index (κ3) is 3.19. The van der Waals surface area contributed by atoms with Gasteiger partial charge in [0.25, 0.3) is 0 Å². The molecule has 1 amide bonds. The van der Waals surface area contributed by atoms with Crippen LogP contribution in [0.1, 0.15) is 12.3 Å². The quantitative estimate of drug-likeness (QED) is 0.925. The maximum Gasteiger partial charge on any atom is 0.223 e. The van der Waals surface area contributed by atoms with Crippen molar-refractivity contribution in [3.63, 3.8) is 0 Å². The number of rotatable bonds is 4. The molecule has 2 aromatic rings. The van der Waals surface area contributed by atoms with Crippen LogP contribution in [-0.4, -0.2) is 42.0 Å². The molecule has 2 aliphatic heterocycles. The summed E-state index contributed by atoms with van der Waals surface area (Å²) in [5.41, 5.74) is 0.935. The number of halogens is 1. The van der Waals surface area contributed by atoms with E-state index in [1.807, 2.05) is 29.2 Å². The first kappa shape index (κ1) is 15.7. The van der Waals surface area contributed by atoms with Crippen LogP contribution in [0.25, 0.3) is 11.3 Å². The van der Waals surface area contributed by atoms with Crippen LogP contribution < -0.4 is 5.32 Å². The van der Waals surface area contributed by atoms with Gasteiger partial charge < -0.3 is 14.6 Å². The molecule has 1 N–H and O–H groups in total. The van der Waals surface area contributed by atoms with Crippen molar-refractivity contribution in [3.8, 4) is 11.3 Å². The number of fused-ring (bicyclic) bond motifs is 1. The van der Waals surface area contributed by atoms with Crippen molar-refractivity contribution in [1.82, 2.24) is 15.2 Å². The predicted octanol–water partition coefficient (Wildman–Crippen LogP) is 2.61. The molecule has 0 saturated carbocycles. The first-order valence-electron chi connectivity index (χ1n) is 8.38. The summed E-state index contributed by atoms with van der Waals surface area (Å²) in [5.74, 6) is 2.78. The Hall–Kier alpha value is -1.85. The Bertz CT molecular complexity index is 716. The monoisotopic (exact) mass is 345 g/mol. The smallest absolute Gasteiger partial charge is 0.223 e. The fourth-order valence-corrected chi connectivity index (χ4v) is 3.73. The minimum absolute atomic E-state index is 0.204. The largest absolute Gasteiger partial charge is 0.441 e. The first-order chi connectivity index (χ1) is 11.7. The highest BCUT2D eigenvalue weighted by atomic mass is 35.5. The van der Waals surface area contributed by atoms with Crippen LogP contribution in [0.3, 0.4) is 0 Å². The third-order valence-electron chi connectivity index (χ3n) is 4.98. The van der Waals surface area contributed by atoms with Crippen LogP contribution in [0.5, 0.6) is 0 Å². The van der Waals surface area contributed by atoms with Gasteiger partial charge in [0, 0.05) is 49.6 Å². The van der Waals surface area contributed by atoms with Gasteiger partial charge in [0.05, 0.1) is 6.20 Å². The number of hydrogen-bond donors (Lipinski definition) is 1. The van der Waals surface area contributed by atoms with Gasteiger partial charge in [-0.15, -0.1) is 0 Å². The maximum atomic E-state index is 12.4. The second-order valence-electron chi connectivity index (χ2n) is 6.60. The molecule has 2 aliphatic rings. The van der Waals surface area contributed by atoms with Gasteiger partial charge in [0.1, 0.15) is 0 Å². The standard InChI is InChI=1S/C18H20ClN3O2/c19-15-3-1-12(2-4-15)16-9-21-17(24-16)5-6-18(23)22-10-13-7-20-8-14(13)11-22/h1-4,9,13-14,20H,5-8,10-11H2/t13-,14+. The molecule has 0 spiro atoms. The van der Waals surface area contributed by atoms with Gasteiger partial charge in [-0.05, 0) is 36.1 Å². The van der Waals surface area contributed by atoms with Gasteiger partial charge in [-0.2, -0.15) is 0 Å². The van der Waals surface area contributed by atoms with Crippen molar-refractivity contribution in [2.45, 2.75) is 12.8 Å². The van der Waals surface area contributed by atoms with Crippen LogP contribution in [-0.2, 0) is 11.2 Å². The molecule has 1 aromatic heterocycles. The van der Waals surface area contributed by atoms with E-state index in [0.29, 0.717) is 41.4 Å². The van der Waals surface area contributed by atoms with Crippen LogP contribution in [0, 0.1) is 11.8 Å². The lowest BCUT2D eigenvalue weighted by molar-refractivity contribution is -0.130. The molecule has 2 atom stereocenters. The average Bonchev–Trinajstić information content (AvgIpc) is 3.29. The molecule has 0 bridgehead atoms. The van der Waals surface area contributed by atoms with Crippen molar-refractivity contribution in [2.75, 3.05) is 26.2 Å². The molecule has 2 fully saturated rings. The number of carbonyl (C=O) groups excluding carboxylic acids is 1. The van der Waals surface area contributed by atoms with E-state index in [4.69, 9.17) is 16.0 Å². The summed E-state index contributed by atoms with van der Waals surface area (Å²) < 4.78 is 5.76. The van der Waals surface area contributed by atoms with Crippen molar-refractivity contribution < 1.29 is 9.21 Å². The number of amides is 1. The minimum atomic E-state index is 0.204. The first-order valence-corrected chi connectivity index (χ1v) is 8.76. The number of hydrogen-bond acceptors (Lipinski definition) is 4. The molecule has 1 aromatic carbocycles. The Kier molecular flexibility index (Phi) is 4.29. The molecular formula is C18H20ClN3O2. The Labute approximate surface area is 146 Å². The second-order valence-corrected chi connectivity index (χ2v) is 7.04. The lowest BCUT2D eigenvalue weighted by atomic mass is 10.0. The van der Waals surface area contributed by atoms with E-state index in [2.05, 4.69) is 10.3 Å². The molecule has 0 radical (unpaired) electrons. The summed E-state index contributed by atoms with van der Waals surface area (Å²) in [5, 5.41) is 4.08. The Morgan fingerprint density at radius 2 is 1.96 bits per heavy atom. The number of carbonyl (C=O) groups is 1. The van der Waals surface area contributed by atoms with Gasteiger partial charge in [0.2, 0.25) is 5.91 Å². The summed E-state index contributed by atoms with van der Waals surface area (Å²) in [6.07, 6.45) is 2.69. The highest BCUT2D eigenvalue weighted by molar-refractivity contribution is 6.30. The lowest BCUT2D eigenvalue weighted by Crippen LogP contribution is -2.32. The van der Waals surface area contributed by atoms with E-state index in [1.165, 1.54) is 0 Å². The molecule has 0 unspecified atom stereocenters. The molecule has 6 heteroatoms. The number of likely N-dealkylation sites (tertiary alicyclic amines) is 1. The SMILES string of the molecule is O=C(CCc1ncc(-c2ccc(Cl)cc2)o1)N1C[C@H]2CNC[C@H]2C1. The van der Waals surface area contributed by atoms with E-state index < -0.39 is 0 Å². The zero-order valence-corrected chi connectivity index (χ0v) is 14.1. The molecule has 5 nitrogen and oxygen atoms in total. The summed E-state index contributed by atoms with van der Waals surface area (Å²) in [7, 11) is 0. The summed E-state index contributed by atoms with van der Waals surface area (Å²) >= 11 is 5.89. The Balaban J connectivity index is 1.33. The van der Waals surface area contributed by atoms with Gasteiger partial charge in [-0.3, -0.25) is 4.79 Å². The lowest BCUT2D eigenvalue weighted by Gasteiger charge is -2.16. The van der Waals surface area contributed by atoms with Gasteiger partial charge in [0.15, 0.2) is 11.7 Å². The predicted molar refractivity (Wildman–Crippen MR) is 91.7 cm³/mol. The summed E-state index contributed by atoms with van der Waals surface area (Å²) in [6.45, 7) is 3.85. The highest BCUT2D eigenvalue weighted by Gasteiger charge is 2.37. The van der Waals surface area contributed by atoms with Gasteiger partial charge in [-0.1, -0.05) is 11.6 Å². The van der Waals surface area contributed by atoms with Crippen molar-refractivity contribution in [2.24, 2.45) is 11.8 Å². The maximum absolute atomic E-state index is 12.4. The van der Waals surface area contributed by atoms with Crippen LogP contribution in [0.15, 0.2) is 34.9 Å². The van der Waals surface area contributed by atoms with Crippen molar-refractivity contribution in [1.29, 1.82) is 0 Å². The number of aryl methyl sites for hydroxylation is 1. The molecule has 0 aliphatic carbocycles.